The van der Waals surface area contributed by atoms with Crippen molar-refractivity contribution < 1.29 is 0 Å². The van der Waals surface area contributed by atoms with Crippen molar-refractivity contribution in [2.24, 2.45) is 5.73 Å². The van der Waals surface area contributed by atoms with Crippen LogP contribution in [0.25, 0.3) is 0 Å². The lowest BCUT2D eigenvalue weighted by atomic mass is 10.2. The molecule has 1 rings (SSSR count). The van der Waals surface area contributed by atoms with Crippen LogP contribution in [-0.2, 0) is 6.54 Å². The quantitative estimate of drug-likeness (QED) is 0.531. The Kier molecular flexibility index (Phi) is 4.01. The molecule has 0 aliphatic carbocycles. The first kappa shape index (κ1) is 8.40. The summed E-state index contributed by atoms with van der Waals surface area (Å²) in [5, 5.41) is 0. The maximum Gasteiger partial charge on any atom is 0.0178 e. The summed E-state index contributed by atoms with van der Waals surface area (Å²) >= 11 is 0. The van der Waals surface area contributed by atoms with Crippen molar-refractivity contribution in [3.05, 3.63) is 35.9 Å². The van der Waals surface area contributed by atoms with Gasteiger partial charge in [0.2, 0.25) is 0 Å². The summed E-state index contributed by atoms with van der Waals surface area (Å²) in [7, 11) is 0. The zero-order valence-electron chi connectivity index (χ0n) is 4.67. The Morgan fingerprint density at radius 3 is 2.00 bits per heavy atom. The lowest BCUT2D eigenvalue weighted by Gasteiger charge is -1.90. The Balaban J connectivity index is 0.000000640. The van der Waals surface area contributed by atoms with Crippen molar-refractivity contribution in [2.75, 3.05) is 0 Å². The molecule has 0 aliphatic heterocycles. The van der Waals surface area contributed by atoms with Crippen molar-refractivity contribution in [3.63, 3.8) is 0 Å². The standard InChI is InChI=1S/C7H9N.H4Si/c8-6-7-4-2-1-3-5-7;/h1-5H,6,8H2;1H4. The van der Waals surface area contributed by atoms with E-state index in [-0.39, 0.29) is 11.0 Å². The SMILES string of the molecule is NCc1ccccc1.[SiH4]. The highest BCUT2D eigenvalue weighted by molar-refractivity contribution is 5.75. The van der Waals surface area contributed by atoms with E-state index < -0.39 is 0 Å². The topological polar surface area (TPSA) is 26.0 Å². The second-order valence-corrected chi connectivity index (χ2v) is 1.69. The Bertz CT molecular complexity index is 150. The van der Waals surface area contributed by atoms with E-state index in [1.165, 1.54) is 5.56 Å². The van der Waals surface area contributed by atoms with E-state index in [0.717, 1.165) is 0 Å². The molecular formula is C7H13NSi. The van der Waals surface area contributed by atoms with Crippen LogP contribution in [0.1, 0.15) is 5.56 Å². The maximum atomic E-state index is 5.35. The molecule has 0 unspecified atom stereocenters. The number of benzene rings is 1. The van der Waals surface area contributed by atoms with Gasteiger partial charge >= 0.3 is 0 Å². The molecule has 0 aliphatic rings. The van der Waals surface area contributed by atoms with Gasteiger partial charge in [0, 0.05) is 6.54 Å². The summed E-state index contributed by atoms with van der Waals surface area (Å²) in [5.74, 6) is 0. The molecule has 0 heterocycles. The van der Waals surface area contributed by atoms with Gasteiger partial charge in [-0.3, -0.25) is 0 Å². The monoisotopic (exact) mass is 139 g/mol. The zero-order valence-corrected chi connectivity index (χ0v) is 4.67. The second kappa shape index (κ2) is 4.29. The molecule has 0 atom stereocenters. The van der Waals surface area contributed by atoms with Gasteiger partial charge in [0.05, 0.1) is 0 Å². The van der Waals surface area contributed by atoms with Crippen molar-refractivity contribution in [2.45, 2.75) is 6.54 Å². The van der Waals surface area contributed by atoms with Gasteiger partial charge in [-0.05, 0) is 16.5 Å². The molecule has 2 heteroatoms. The van der Waals surface area contributed by atoms with E-state index in [1.807, 2.05) is 30.3 Å². The molecule has 0 radical (unpaired) electrons. The van der Waals surface area contributed by atoms with Crippen LogP contribution in [0.4, 0.5) is 0 Å². The van der Waals surface area contributed by atoms with Gasteiger partial charge in [0.15, 0.2) is 0 Å². The van der Waals surface area contributed by atoms with Crippen LogP contribution in [-0.4, -0.2) is 11.0 Å². The predicted octanol–water partition coefficient (Wildman–Crippen LogP) is -0.306. The molecule has 1 aromatic carbocycles. The predicted molar refractivity (Wildman–Crippen MR) is 45.7 cm³/mol. The number of hydrogen-bond acceptors (Lipinski definition) is 1. The largest absolute Gasteiger partial charge is 0.326 e. The fourth-order valence-corrected chi connectivity index (χ4v) is 0.614. The lowest BCUT2D eigenvalue weighted by Crippen LogP contribution is -1.94. The molecule has 0 spiro atoms. The molecule has 1 nitrogen and oxygen atoms in total. The van der Waals surface area contributed by atoms with Gasteiger partial charge < -0.3 is 5.73 Å². The molecule has 1 aromatic rings. The highest BCUT2D eigenvalue weighted by Gasteiger charge is 1.80. The van der Waals surface area contributed by atoms with E-state index in [2.05, 4.69) is 0 Å². The minimum Gasteiger partial charge on any atom is -0.326 e. The number of rotatable bonds is 1. The Morgan fingerprint density at radius 1 is 1.11 bits per heavy atom. The van der Waals surface area contributed by atoms with Crippen LogP contribution in [0, 0.1) is 0 Å². The average Bonchev–Trinajstić information content (AvgIpc) is 1.90. The van der Waals surface area contributed by atoms with Crippen LogP contribution >= 0.6 is 0 Å². The van der Waals surface area contributed by atoms with Crippen LogP contribution in [0.3, 0.4) is 0 Å². The molecule has 2 N–H and O–H groups in total. The Labute approximate surface area is 59.9 Å². The van der Waals surface area contributed by atoms with E-state index >= 15 is 0 Å². The fraction of sp³-hybridized carbons (Fsp3) is 0.143. The second-order valence-electron chi connectivity index (χ2n) is 1.69. The van der Waals surface area contributed by atoms with Gasteiger partial charge in [-0.2, -0.15) is 0 Å². The minimum atomic E-state index is 0. The lowest BCUT2D eigenvalue weighted by molar-refractivity contribution is 1.07. The molecule has 50 valence electrons. The van der Waals surface area contributed by atoms with Crippen molar-refractivity contribution in [1.29, 1.82) is 0 Å². The van der Waals surface area contributed by atoms with Gasteiger partial charge in [-0.1, -0.05) is 30.3 Å². The Morgan fingerprint density at radius 2 is 1.67 bits per heavy atom. The number of nitrogens with two attached hydrogens (primary N) is 1. The molecule has 9 heavy (non-hydrogen) atoms. The summed E-state index contributed by atoms with van der Waals surface area (Å²) in [4.78, 5) is 0. The van der Waals surface area contributed by atoms with Gasteiger partial charge in [0.1, 0.15) is 0 Å². The van der Waals surface area contributed by atoms with Gasteiger partial charge in [0.25, 0.3) is 0 Å². The van der Waals surface area contributed by atoms with Gasteiger partial charge in [-0.15, -0.1) is 0 Å². The highest BCUT2D eigenvalue weighted by Crippen LogP contribution is 1.94. The van der Waals surface area contributed by atoms with E-state index in [1.54, 1.807) is 0 Å². The summed E-state index contributed by atoms with van der Waals surface area (Å²) in [6, 6.07) is 9.99. The van der Waals surface area contributed by atoms with E-state index in [0.29, 0.717) is 6.54 Å². The first-order valence-corrected chi connectivity index (χ1v) is 2.67. The normalized spacial score (nSPS) is 8.11. The molecule has 0 fully saturated rings. The molecule has 0 saturated heterocycles. The average molecular weight is 139 g/mol. The Hall–Kier alpha value is -0.603. The maximum absolute atomic E-state index is 5.35. The van der Waals surface area contributed by atoms with Crippen molar-refractivity contribution >= 4 is 11.0 Å². The molecule has 0 saturated carbocycles. The molecular weight excluding hydrogens is 126 g/mol. The van der Waals surface area contributed by atoms with Crippen LogP contribution in [0.5, 0.6) is 0 Å². The van der Waals surface area contributed by atoms with Crippen LogP contribution in [0.2, 0.25) is 0 Å². The summed E-state index contributed by atoms with van der Waals surface area (Å²) < 4.78 is 0. The highest BCUT2D eigenvalue weighted by atomic mass is 28.1. The van der Waals surface area contributed by atoms with E-state index in [9.17, 15) is 0 Å². The third kappa shape index (κ3) is 2.44. The summed E-state index contributed by atoms with van der Waals surface area (Å²) in [5.41, 5.74) is 6.54. The smallest absolute Gasteiger partial charge is 0.0178 e. The first-order chi connectivity index (χ1) is 3.93. The van der Waals surface area contributed by atoms with Crippen molar-refractivity contribution in [3.8, 4) is 0 Å². The zero-order chi connectivity index (χ0) is 5.82. The molecule has 0 bridgehead atoms. The first-order valence-electron chi connectivity index (χ1n) is 2.67. The summed E-state index contributed by atoms with van der Waals surface area (Å²) in [6.07, 6.45) is 0. The van der Waals surface area contributed by atoms with Gasteiger partial charge in [-0.25, -0.2) is 0 Å². The number of hydrogen-bond donors (Lipinski definition) is 1. The third-order valence-corrected chi connectivity index (χ3v) is 1.08. The summed E-state index contributed by atoms with van der Waals surface area (Å²) in [6.45, 7) is 0.640. The third-order valence-electron chi connectivity index (χ3n) is 1.08. The molecule has 0 amide bonds. The molecule has 0 aromatic heterocycles. The van der Waals surface area contributed by atoms with Crippen LogP contribution < -0.4 is 5.73 Å². The fourth-order valence-electron chi connectivity index (χ4n) is 0.614. The van der Waals surface area contributed by atoms with Crippen molar-refractivity contribution in [1.82, 2.24) is 0 Å². The minimum absolute atomic E-state index is 0. The van der Waals surface area contributed by atoms with Crippen LogP contribution in [0.15, 0.2) is 30.3 Å². The van der Waals surface area contributed by atoms with E-state index in [4.69, 9.17) is 5.73 Å².